The minimum absolute atomic E-state index is 0.0198. The molecule has 4 aliphatic rings. The van der Waals surface area contributed by atoms with Crippen molar-refractivity contribution in [3.63, 3.8) is 0 Å². The van der Waals surface area contributed by atoms with Crippen molar-refractivity contribution in [2.75, 3.05) is 26.4 Å². The summed E-state index contributed by atoms with van der Waals surface area (Å²) in [5.74, 6) is -0.0198. The molecule has 0 bridgehead atoms. The number of nitrogens with zero attached hydrogens (tertiary/aromatic N) is 1. The highest BCUT2D eigenvalue weighted by molar-refractivity contribution is 5.36. The third-order valence-corrected chi connectivity index (χ3v) is 9.49. The summed E-state index contributed by atoms with van der Waals surface area (Å²) < 4.78 is 44.2. The van der Waals surface area contributed by atoms with Crippen LogP contribution in [-0.2, 0) is 33.2 Å². The minimum atomic E-state index is -2.08. The van der Waals surface area contributed by atoms with E-state index in [2.05, 4.69) is 0 Å². The van der Waals surface area contributed by atoms with E-state index in [1.807, 2.05) is 0 Å². The molecule has 308 valence electrons. The Morgan fingerprint density at radius 3 is 1.31 bits per heavy atom. The molecule has 0 radical (unpaired) electrons. The topological polar surface area (TPSA) is 380 Å². The number of rotatable bonds is 13. The molecule has 0 aliphatic carbocycles. The van der Waals surface area contributed by atoms with Crippen LogP contribution in [0.1, 0.15) is 0 Å². The molecule has 0 spiro atoms. The number of nitro groups is 1. The summed E-state index contributed by atoms with van der Waals surface area (Å²) in [6, 6.07) is 4.61. The van der Waals surface area contributed by atoms with Crippen LogP contribution in [0.15, 0.2) is 24.3 Å². The Morgan fingerprint density at radius 1 is 0.481 bits per heavy atom. The molecule has 0 aromatic heterocycles. The van der Waals surface area contributed by atoms with E-state index in [9.17, 15) is 76.5 Å². The van der Waals surface area contributed by atoms with E-state index in [1.165, 1.54) is 12.1 Å². The summed E-state index contributed by atoms with van der Waals surface area (Å²) in [5, 5.41) is 147. The summed E-state index contributed by atoms with van der Waals surface area (Å²) in [6.45, 7) is -3.49. The van der Waals surface area contributed by atoms with Gasteiger partial charge in [-0.3, -0.25) is 10.1 Å². The molecule has 54 heavy (non-hydrogen) atoms. The van der Waals surface area contributed by atoms with E-state index in [0.29, 0.717) is 0 Å². The zero-order chi connectivity index (χ0) is 39.6. The number of nitro benzene ring substituents is 1. The summed E-state index contributed by atoms with van der Waals surface area (Å²) in [7, 11) is 0. The number of non-ortho nitro benzene ring substituents is 1. The number of benzene rings is 1. The van der Waals surface area contributed by atoms with Gasteiger partial charge >= 0.3 is 0 Å². The third kappa shape index (κ3) is 8.77. The van der Waals surface area contributed by atoms with Crippen LogP contribution in [0.4, 0.5) is 5.69 Å². The molecule has 20 atom stereocenters. The molecule has 4 heterocycles. The lowest BCUT2D eigenvalue weighted by atomic mass is 9.95. The van der Waals surface area contributed by atoms with E-state index in [0.717, 1.165) is 12.1 Å². The number of hydrogen-bond acceptors (Lipinski definition) is 23. The Bertz CT molecular complexity index is 1340. The van der Waals surface area contributed by atoms with Gasteiger partial charge in [-0.2, -0.15) is 0 Å². The van der Waals surface area contributed by atoms with E-state index in [-0.39, 0.29) is 11.4 Å². The van der Waals surface area contributed by atoms with Gasteiger partial charge in [-0.25, -0.2) is 0 Å². The van der Waals surface area contributed by atoms with E-state index in [1.54, 1.807) is 0 Å². The van der Waals surface area contributed by atoms with Gasteiger partial charge in [0.25, 0.3) is 5.69 Å². The summed E-state index contributed by atoms with van der Waals surface area (Å²) >= 11 is 0. The van der Waals surface area contributed by atoms with Crippen molar-refractivity contribution in [2.45, 2.75) is 123 Å². The molecule has 4 aliphatic heterocycles. The van der Waals surface area contributed by atoms with E-state index < -0.39 is 154 Å². The van der Waals surface area contributed by atoms with Crippen LogP contribution < -0.4 is 4.74 Å². The molecular weight excluding hydrogens is 742 g/mol. The van der Waals surface area contributed by atoms with Gasteiger partial charge in [0, 0.05) is 12.1 Å². The monoisotopic (exact) mass is 787 g/mol. The minimum Gasteiger partial charge on any atom is -0.462 e. The summed E-state index contributed by atoms with van der Waals surface area (Å²) in [4.78, 5) is 10.3. The average molecular weight is 788 g/mol. The van der Waals surface area contributed by atoms with Crippen molar-refractivity contribution in [2.24, 2.45) is 0 Å². The molecule has 0 saturated carbocycles. The van der Waals surface area contributed by atoms with Gasteiger partial charge in [0.05, 0.1) is 31.4 Å². The quantitative estimate of drug-likeness (QED) is 0.0652. The second-order valence-electron chi connectivity index (χ2n) is 13.0. The van der Waals surface area contributed by atoms with Crippen molar-refractivity contribution in [1.29, 1.82) is 0 Å². The zero-order valence-electron chi connectivity index (χ0n) is 28.0. The van der Waals surface area contributed by atoms with Crippen LogP contribution in [0.3, 0.4) is 0 Å². The summed E-state index contributed by atoms with van der Waals surface area (Å²) in [5.41, 5.74) is -0.265. The first kappa shape index (κ1) is 42.8. The molecule has 0 amide bonds. The zero-order valence-corrected chi connectivity index (χ0v) is 28.0. The summed E-state index contributed by atoms with van der Waals surface area (Å²) in [6.07, 6.45) is -35.9. The molecule has 24 heteroatoms. The lowest BCUT2D eigenvalue weighted by Gasteiger charge is -2.49. The first-order valence-corrected chi connectivity index (χ1v) is 16.7. The molecular formula is C30H45NO23. The number of aliphatic hydroxyl groups is 13. The molecule has 13 N–H and O–H groups in total. The van der Waals surface area contributed by atoms with Gasteiger partial charge in [-0.05, 0) is 12.1 Å². The first-order valence-electron chi connectivity index (χ1n) is 16.7. The Labute approximate surface area is 304 Å². The van der Waals surface area contributed by atoms with Gasteiger partial charge < -0.3 is 104 Å². The van der Waals surface area contributed by atoms with Gasteiger partial charge in [-0.1, -0.05) is 0 Å². The smallest absolute Gasteiger partial charge is 0.269 e. The van der Waals surface area contributed by atoms with Crippen molar-refractivity contribution >= 4 is 5.69 Å². The molecule has 4 fully saturated rings. The standard InChI is InChI=1S/C30H45NO23/c32-5-11-15(36)17(38)20(41)27(48-11)52-24-13(7-34)50-28(21(42)18(24)39)53-25-14(8-35)51-29(22(43)19(25)40)54-26-16(37)12(6-33)49-30(23(26)44)47-10-3-1-9(2-4-10)31(45)46/h1-4,11-30,32-44H,5-8H2/t11-,12-,13-,14-,15-,16-,17+,18-,19-,20-,21-,22-,23-,24-,25-,26+,27+,28+,29+,30-/m1/s1. The fourth-order valence-electron chi connectivity index (χ4n) is 6.40. The third-order valence-electron chi connectivity index (χ3n) is 9.49. The second-order valence-corrected chi connectivity index (χ2v) is 13.0. The molecule has 5 rings (SSSR count). The normalized spacial score (nSPS) is 45.9. The predicted molar refractivity (Wildman–Crippen MR) is 165 cm³/mol. The van der Waals surface area contributed by atoms with Gasteiger partial charge in [0.2, 0.25) is 6.29 Å². The van der Waals surface area contributed by atoms with Crippen LogP contribution in [0, 0.1) is 10.1 Å². The highest BCUT2D eigenvalue weighted by Crippen LogP contribution is 2.35. The maximum atomic E-state index is 11.1. The van der Waals surface area contributed by atoms with Crippen molar-refractivity contribution in [3.8, 4) is 5.75 Å². The molecule has 24 nitrogen and oxygen atoms in total. The molecule has 0 unspecified atom stereocenters. The van der Waals surface area contributed by atoms with Gasteiger partial charge in [0.1, 0.15) is 103 Å². The predicted octanol–water partition coefficient (Wildman–Crippen LogP) is -7.75. The SMILES string of the molecule is O=[N+]([O-])c1ccc(O[C@@H]2O[C@H](CO)[C@@H](O)[C@H](O[C@@H]3O[C@H](CO)[C@@H](O[C@@H]4O[C@H](CO)[C@@H](O[C@@H]5O[C@H](CO)[C@@H](O)[C@H](O)[C@H]5O)[C@H](O)[C@H]4O)[C@H](O)[C@H]3O)[C@H]2O)cc1. The second kappa shape index (κ2) is 18.3. The van der Waals surface area contributed by atoms with Crippen LogP contribution in [0.5, 0.6) is 5.75 Å². The highest BCUT2D eigenvalue weighted by Gasteiger charge is 2.55. The van der Waals surface area contributed by atoms with Crippen molar-refractivity contribution < 1.29 is 109 Å². The van der Waals surface area contributed by atoms with Crippen molar-refractivity contribution in [3.05, 3.63) is 34.4 Å². The maximum absolute atomic E-state index is 11.1. The van der Waals surface area contributed by atoms with E-state index in [4.69, 9.17) is 37.9 Å². The average Bonchev–Trinajstić information content (AvgIpc) is 3.16. The van der Waals surface area contributed by atoms with Crippen LogP contribution >= 0.6 is 0 Å². The lowest BCUT2D eigenvalue weighted by Crippen LogP contribution is -2.67. The van der Waals surface area contributed by atoms with Gasteiger partial charge in [-0.15, -0.1) is 0 Å². The fourth-order valence-corrected chi connectivity index (χ4v) is 6.40. The Balaban J connectivity index is 1.25. The Morgan fingerprint density at radius 2 is 0.870 bits per heavy atom. The Hall–Kier alpha value is -2.38. The molecule has 1 aromatic carbocycles. The first-order chi connectivity index (χ1) is 25.6. The van der Waals surface area contributed by atoms with Crippen LogP contribution in [0.25, 0.3) is 0 Å². The molecule has 1 aromatic rings. The number of hydrogen-bond donors (Lipinski definition) is 13. The van der Waals surface area contributed by atoms with Crippen LogP contribution in [0.2, 0.25) is 0 Å². The molecule has 4 saturated heterocycles. The van der Waals surface area contributed by atoms with Gasteiger partial charge in [0.15, 0.2) is 18.9 Å². The number of aliphatic hydroxyl groups excluding tert-OH is 13. The van der Waals surface area contributed by atoms with E-state index >= 15 is 0 Å². The number of ether oxygens (including phenoxy) is 8. The van der Waals surface area contributed by atoms with Crippen molar-refractivity contribution in [1.82, 2.24) is 0 Å². The fraction of sp³-hybridized carbons (Fsp3) is 0.800. The lowest BCUT2D eigenvalue weighted by molar-refractivity contribution is -0.387. The largest absolute Gasteiger partial charge is 0.462 e. The Kier molecular flexibility index (Phi) is 14.5. The highest BCUT2D eigenvalue weighted by atomic mass is 16.8. The maximum Gasteiger partial charge on any atom is 0.269 e. The van der Waals surface area contributed by atoms with Crippen LogP contribution in [-0.4, -0.2) is 221 Å².